The highest BCUT2D eigenvalue weighted by molar-refractivity contribution is 6.39. The second-order valence-electron chi connectivity index (χ2n) is 4.41. The van der Waals surface area contributed by atoms with Crippen LogP contribution in [0, 0.1) is 0 Å². The van der Waals surface area contributed by atoms with E-state index in [2.05, 4.69) is 10.5 Å². The number of amides is 2. The van der Waals surface area contributed by atoms with Gasteiger partial charge in [0.05, 0.1) is 18.8 Å². The molecule has 6 heteroatoms. The summed E-state index contributed by atoms with van der Waals surface area (Å²) < 4.78 is 5.47. The van der Waals surface area contributed by atoms with Crippen molar-refractivity contribution in [2.75, 3.05) is 13.2 Å². The first-order chi connectivity index (χ1) is 8.09. The van der Waals surface area contributed by atoms with Crippen molar-refractivity contribution in [2.45, 2.75) is 38.8 Å². The summed E-state index contributed by atoms with van der Waals surface area (Å²) in [7, 11) is 0. The summed E-state index contributed by atoms with van der Waals surface area (Å²) in [4.78, 5) is 24.9. The molecule has 6 nitrogen and oxygen atoms in total. The third kappa shape index (κ3) is 2.46. The van der Waals surface area contributed by atoms with E-state index in [0.29, 0.717) is 31.7 Å². The summed E-state index contributed by atoms with van der Waals surface area (Å²) in [6.45, 7) is 5.05. The van der Waals surface area contributed by atoms with Crippen molar-refractivity contribution in [1.82, 2.24) is 10.3 Å². The summed E-state index contributed by atoms with van der Waals surface area (Å²) in [5.41, 5.74) is 2.78. The fourth-order valence-corrected chi connectivity index (χ4v) is 2.01. The van der Waals surface area contributed by atoms with Crippen LogP contribution >= 0.6 is 0 Å². The average Bonchev–Trinajstić information content (AvgIpc) is 2.33. The van der Waals surface area contributed by atoms with E-state index in [4.69, 9.17) is 4.74 Å². The summed E-state index contributed by atoms with van der Waals surface area (Å²) in [6, 6.07) is 0.0385. The van der Waals surface area contributed by atoms with Crippen LogP contribution in [-0.4, -0.2) is 47.7 Å². The molecule has 2 amide bonds. The molecule has 0 saturated carbocycles. The minimum atomic E-state index is -0.134. The second kappa shape index (κ2) is 4.83. The Labute approximate surface area is 100.0 Å². The van der Waals surface area contributed by atoms with Crippen LogP contribution in [-0.2, 0) is 14.3 Å². The van der Waals surface area contributed by atoms with Crippen molar-refractivity contribution in [1.29, 1.82) is 0 Å². The molecular formula is C11H17N3O3. The van der Waals surface area contributed by atoms with Gasteiger partial charge in [0.2, 0.25) is 5.91 Å². The number of hydrogen-bond donors (Lipinski definition) is 1. The molecule has 2 aliphatic heterocycles. The predicted molar refractivity (Wildman–Crippen MR) is 61.4 cm³/mol. The van der Waals surface area contributed by atoms with Gasteiger partial charge in [0.25, 0.3) is 5.91 Å². The standard InChI is InChI=1S/C11H17N3O3/c1-7-8(2)17-6-5-14(7)11(16)9-3-4-10(15)13-12-9/h7-8H,3-6H2,1-2H3,(H,13,15). The van der Waals surface area contributed by atoms with Gasteiger partial charge in [-0.15, -0.1) is 0 Å². The number of carbonyl (C=O) groups is 2. The van der Waals surface area contributed by atoms with Crippen LogP contribution in [0.3, 0.4) is 0 Å². The molecule has 2 unspecified atom stereocenters. The molecule has 2 aliphatic rings. The maximum Gasteiger partial charge on any atom is 0.270 e. The van der Waals surface area contributed by atoms with Crippen LogP contribution < -0.4 is 5.43 Å². The van der Waals surface area contributed by atoms with E-state index in [1.54, 1.807) is 4.90 Å². The van der Waals surface area contributed by atoms with Crippen LogP contribution in [0.5, 0.6) is 0 Å². The molecule has 94 valence electrons. The summed E-state index contributed by atoms with van der Waals surface area (Å²) in [5.74, 6) is -0.224. The molecule has 0 aromatic heterocycles. The Balaban J connectivity index is 2.06. The minimum Gasteiger partial charge on any atom is -0.375 e. The van der Waals surface area contributed by atoms with E-state index in [1.807, 2.05) is 13.8 Å². The molecule has 2 atom stereocenters. The molecule has 0 aromatic rings. The van der Waals surface area contributed by atoms with Gasteiger partial charge in [0.15, 0.2) is 0 Å². The van der Waals surface area contributed by atoms with Gasteiger partial charge in [0.1, 0.15) is 5.71 Å². The first-order valence-corrected chi connectivity index (χ1v) is 5.87. The molecule has 1 N–H and O–H groups in total. The molecule has 2 heterocycles. The SMILES string of the molecule is CC1OCCN(C(=O)C2=NNC(=O)CC2)C1C. The minimum absolute atomic E-state index is 0.0338. The van der Waals surface area contributed by atoms with Gasteiger partial charge in [-0.1, -0.05) is 0 Å². The van der Waals surface area contributed by atoms with E-state index < -0.39 is 0 Å². The summed E-state index contributed by atoms with van der Waals surface area (Å²) in [5, 5.41) is 3.83. The second-order valence-corrected chi connectivity index (χ2v) is 4.41. The van der Waals surface area contributed by atoms with Crippen LogP contribution in [0.2, 0.25) is 0 Å². The molecular weight excluding hydrogens is 222 g/mol. The van der Waals surface area contributed by atoms with Gasteiger partial charge < -0.3 is 9.64 Å². The maximum absolute atomic E-state index is 12.2. The lowest BCUT2D eigenvalue weighted by Gasteiger charge is -2.38. The largest absolute Gasteiger partial charge is 0.375 e. The van der Waals surface area contributed by atoms with Crippen LogP contribution in [0.4, 0.5) is 0 Å². The lowest BCUT2D eigenvalue weighted by atomic mass is 10.1. The Morgan fingerprint density at radius 3 is 2.88 bits per heavy atom. The van der Waals surface area contributed by atoms with Gasteiger partial charge >= 0.3 is 0 Å². The van der Waals surface area contributed by atoms with Gasteiger partial charge in [-0.2, -0.15) is 5.10 Å². The zero-order chi connectivity index (χ0) is 12.4. The van der Waals surface area contributed by atoms with Crippen molar-refractivity contribution in [3.05, 3.63) is 0 Å². The van der Waals surface area contributed by atoms with E-state index in [0.717, 1.165) is 0 Å². The van der Waals surface area contributed by atoms with Crippen LogP contribution in [0.15, 0.2) is 5.10 Å². The zero-order valence-electron chi connectivity index (χ0n) is 10.1. The first kappa shape index (κ1) is 12.0. The lowest BCUT2D eigenvalue weighted by Crippen LogP contribution is -2.53. The molecule has 0 spiro atoms. The molecule has 1 fully saturated rings. The molecule has 17 heavy (non-hydrogen) atoms. The highest BCUT2D eigenvalue weighted by Gasteiger charge is 2.32. The maximum atomic E-state index is 12.2. The third-order valence-corrected chi connectivity index (χ3v) is 3.30. The number of hydrazone groups is 1. The Hall–Kier alpha value is -1.43. The number of ether oxygens (including phenoxy) is 1. The molecule has 0 radical (unpaired) electrons. The first-order valence-electron chi connectivity index (χ1n) is 5.87. The monoisotopic (exact) mass is 239 g/mol. The Bertz CT molecular complexity index is 367. The predicted octanol–water partition coefficient (Wildman–Crippen LogP) is -0.112. The summed E-state index contributed by atoms with van der Waals surface area (Å²) in [6.07, 6.45) is 0.786. The number of carbonyl (C=O) groups excluding carboxylic acids is 2. The molecule has 2 rings (SSSR count). The van der Waals surface area contributed by atoms with Crippen molar-refractivity contribution in [2.24, 2.45) is 5.10 Å². The van der Waals surface area contributed by atoms with Crippen molar-refractivity contribution in [3.8, 4) is 0 Å². The van der Waals surface area contributed by atoms with E-state index in [1.165, 1.54) is 0 Å². The van der Waals surface area contributed by atoms with Crippen molar-refractivity contribution < 1.29 is 14.3 Å². The smallest absolute Gasteiger partial charge is 0.270 e. The highest BCUT2D eigenvalue weighted by atomic mass is 16.5. The fourth-order valence-electron chi connectivity index (χ4n) is 2.01. The van der Waals surface area contributed by atoms with Gasteiger partial charge in [-0.25, -0.2) is 5.43 Å². The summed E-state index contributed by atoms with van der Waals surface area (Å²) >= 11 is 0. The molecule has 0 aliphatic carbocycles. The van der Waals surface area contributed by atoms with Crippen LogP contribution in [0.1, 0.15) is 26.7 Å². The number of nitrogens with one attached hydrogen (secondary N) is 1. The topological polar surface area (TPSA) is 71.0 Å². The average molecular weight is 239 g/mol. The number of nitrogens with zero attached hydrogens (tertiary/aromatic N) is 2. The fraction of sp³-hybridized carbons (Fsp3) is 0.727. The van der Waals surface area contributed by atoms with E-state index in [-0.39, 0.29) is 24.0 Å². The molecule has 0 bridgehead atoms. The highest BCUT2D eigenvalue weighted by Crippen LogP contribution is 2.15. The van der Waals surface area contributed by atoms with Crippen molar-refractivity contribution in [3.63, 3.8) is 0 Å². The zero-order valence-corrected chi connectivity index (χ0v) is 10.1. The van der Waals surface area contributed by atoms with Crippen molar-refractivity contribution >= 4 is 17.5 Å². The molecule has 0 aromatic carbocycles. The Kier molecular flexibility index (Phi) is 3.42. The van der Waals surface area contributed by atoms with Gasteiger partial charge in [-0.3, -0.25) is 9.59 Å². The Morgan fingerprint density at radius 2 is 2.24 bits per heavy atom. The number of rotatable bonds is 1. The Morgan fingerprint density at radius 1 is 1.47 bits per heavy atom. The lowest BCUT2D eigenvalue weighted by molar-refractivity contribution is -0.136. The van der Waals surface area contributed by atoms with E-state index >= 15 is 0 Å². The normalized spacial score (nSPS) is 29.6. The number of morpholine rings is 1. The van der Waals surface area contributed by atoms with E-state index in [9.17, 15) is 9.59 Å². The van der Waals surface area contributed by atoms with Gasteiger partial charge in [-0.05, 0) is 13.8 Å². The molecule has 1 saturated heterocycles. The quantitative estimate of drug-likeness (QED) is 0.694. The van der Waals surface area contributed by atoms with Gasteiger partial charge in [0, 0.05) is 19.4 Å². The third-order valence-electron chi connectivity index (χ3n) is 3.30. The van der Waals surface area contributed by atoms with Crippen LogP contribution in [0.25, 0.3) is 0 Å². The number of hydrogen-bond acceptors (Lipinski definition) is 4.